The van der Waals surface area contributed by atoms with Gasteiger partial charge in [-0.2, -0.15) is 0 Å². The van der Waals surface area contributed by atoms with Crippen LogP contribution in [0.3, 0.4) is 0 Å². The molecule has 3 nitrogen and oxygen atoms in total. The van der Waals surface area contributed by atoms with Crippen molar-refractivity contribution in [1.29, 1.82) is 0 Å². The van der Waals surface area contributed by atoms with Crippen LogP contribution in [0.2, 0.25) is 0 Å². The van der Waals surface area contributed by atoms with Gasteiger partial charge in [0.05, 0.1) is 5.54 Å². The van der Waals surface area contributed by atoms with E-state index in [1.54, 1.807) is 0 Å². The third kappa shape index (κ3) is 1.97. The van der Waals surface area contributed by atoms with Gasteiger partial charge in [-0.15, -0.1) is 0 Å². The van der Waals surface area contributed by atoms with Crippen LogP contribution in [-0.2, 0) is 4.79 Å². The number of hydrogen-bond donors (Lipinski definition) is 1. The Balaban J connectivity index is 2.04. The molecule has 0 aromatic carbocycles. The summed E-state index contributed by atoms with van der Waals surface area (Å²) in [6.45, 7) is 5.30. The smallest absolute Gasteiger partial charge is 0.242 e. The lowest BCUT2D eigenvalue weighted by Crippen LogP contribution is -2.55. The van der Waals surface area contributed by atoms with Gasteiger partial charge >= 0.3 is 0 Å². The zero-order valence-electron chi connectivity index (χ0n) is 10.8. The van der Waals surface area contributed by atoms with E-state index in [1.165, 1.54) is 12.8 Å². The monoisotopic (exact) mass is 224 g/mol. The van der Waals surface area contributed by atoms with Crippen LogP contribution < -0.4 is 5.32 Å². The summed E-state index contributed by atoms with van der Waals surface area (Å²) in [5.41, 5.74) is -0.252. The summed E-state index contributed by atoms with van der Waals surface area (Å²) < 4.78 is 0. The van der Waals surface area contributed by atoms with Crippen LogP contribution in [0.15, 0.2) is 0 Å². The summed E-state index contributed by atoms with van der Waals surface area (Å²) in [4.78, 5) is 14.5. The van der Waals surface area contributed by atoms with E-state index in [2.05, 4.69) is 19.2 Å². The van der Waals surface area contributed by atoms with Crippen LogP contribution in [-0.4, -0.2) is 36.0 Å². The largest absolute Gasteiger partial charge is 0.341 e. The Hall–Kier alpha value is -0.570. The number of nitrogens with zero attached hydrogens (tertiary/aromatic N) is 1. The Bertz CT molecular complexity index is 267. The van der Waals surface area contributed by atoms with Gasteiger partial charge in [-0.05, 0) is 51.5 Å². The van der Waals surface area contributed by atoms with Crippen LogP contribution in [0.25, 0.3) is 0 Å². The summed E-state index contributed by atoms with van der Waals surface area (Å²) in [6.07, 6.45) is 5.64. The van der Waals surface area contributed by atoms with Gasteiger partial charge in [-0.25, -0.2) is 0 Å². The fourth-order valence-corrected chi connectivity index (χ4v) is 2.86. The first kappa shape index (κ1) is 11.9. The molecule has 3 heteroatoms. The van der Waals surface area contributed by atoms with E-state index in [4.69, 9.17) is 0 Å². The van der Waals surface area contributed by atoms with Gasteiger partial charge in [-0.1, -0.05) is 6.92 Å². The SMILES string of the molecule is CCC1(C(=O)N(C)C(C)C2CC2)CCCN1. The summed E-state index contributed by atoms with van der Waals surface area (Å²) in [5, 5.41) is 3.42. The Kier molecular flexibility index (Phi) is 3.24. The van der Waals surface area contributed by atoms with Gasteiger partial charge in [0, 0.05) is 13.1 Å². The highest BCUT2D eigenvalue weighted by atomic mass is 16.2. The molecule has 1 saturated heterocycles. The van der Waals surface area contributed by atoms with E-state index < -0.39 is 0 Å². The van der Waals surface area contributed by atoms with Gasteiger partial charge < -0.3 is 10.2 Å². The quantitative estimate of drug-likeness (QED) is 0.789. The number of hydrogen-bond acceptors (Lipinski definition) is 2. The molecule has 1 amide bonds. The molecule has 2 rings (SSSR count). The fraction of sp³-hybridized carbons (Fsp3) is 0.923. The molecule has 0 aromatic rings. The van der Waals surface area contributed by atoms with Crippen LogP contribution in [0.4, 0.5) is 0 Å². The van der Waals surface area contributed by atoms with Crippen molar-refractivity contribution in [2.45, 2.75) is 57.5 Å². The number of carbonyl (C=O) groups excluding carboxylic acids is 1. The molecular weight excluding hydrogens is 200 g/mol. The second kappa shape index (κ2) is 4.36. The zero-order valence-corrected chi connectivity index (χ0v) is 10.8. The maximum Gasteiger partial charge on any atom is 0.242 e. The van der Waals surface area contributed by atoms with Crippen LogP contribution >= 0.6 is 0 Å². The second-order valence-corrected chi connectivity index (χ2v) is 5.46. The molecule has 0 aromatic heterocycles. The summed E-state index contributed by atoms with van der Waals surface area (Å²) in [7, 11) is 1.97. The molecule has 1 aliphatic carbocycles. The molecular formula is C13H24N2O. The molecule has 1 saturated carbocycles. The highest BCUT2D eigenvalue weighted by Gasteiger charge is 2.43. The average molecular weight is 224 g/mol. The molecule has 2 aliphatic rings. The number of rotatable bonds is 4. The van der Waals surface area contributed by atoms with E-state index in [0.29, 0.717) is 11.9 Å². The number of carbonyl (C=O) groups is 1. The van der Waals surface area contributed by atoms with Crippen LogP contribution in [0.5, 0.6) is 0 Å². The van der Waals surface area contributed by atoms with Crippen molar-refractivity contribution in [1.82, 2.24) is 10.2 Å². The minimum absolute atomic E-state index is 0.252. The minimum atomic E-state index is -0.252. The maximum absolute atomic E-state index is 12.5. The summed E-state index contributed by atoms with van der Waals surface area (Å²) in [5.74, 6) is 1.07. The van der Waals surface area contributed by atoms with E-state index in [9.17, 15) is 4.79 Å². The Morgan fingerprint density at radius 1 is 1.56 bits per heavy atom. The fourth-order valence-electron chi connectivity index (χ4n) is 2.86. The predicted octanol–water partition coefficient (Wildman–Crippen LogP) is 1.78. The normalized spacial score (nSPS) is 31.4. The molecule has 2 fully saturated rings. The topological polar surface area (TPSA) is 32.3 Å². The Morgan fingerprint density at radius 2 is 2.25 bits per heavy atom. The lowest BCUT2D eigenvalue weighted by molar-refractivity contribution is -0.138. The first-order valence-corrected chi connectivity index (χ1v) is 6.63. The van der Waals surface area contributed by atoms with Crippen LogP contribution in [0, 0.1) is 5.92 Å². The molecule has 2 atom stereocenters. The first-order chi connectivity index (χ1) is 7.60. The maximum atomic E-state index is 12.5. The van der Waals surface area contributed by atoms with E-state index in [0.717, 1.165) is 31.7 Å². The van der Waals surface area contributed by atoms with Crippen LogP contribution in [0.1, 0.15) is 46.0 Å². The summed E-state index contributed by atoms with van der Waals surface area (Å²) >= 11 is 0. The van der Waals surface area contributed by atoms with Crippen molar-refractivity contribution in [3.63, 3.8) is 0 Å². The molecule has 0 bridgehead atoms. The zero-order chi connectivity index (χ0) is 11.8. The number of likely N-dealkylation sites (N-methyl/N-ethyl adjacent to an activating group) is 1. The van der Waals surface area contributed by atoms with Crippen molar-refractivity contribution < 1.29 is 4.79 Å². The number of amides is 1. The Morgan fingerprint density at radius 3 is 2.69 bits per heavy atom. The highest BCUT2D eigenvalue weighted by Crippen LogP contribution is 2.36. The Labute approximate surface area is 98.6 Å². The molecule has 2 unspecified atom stereocenters. The standard InChI is InChI=1S/C13H24N2O/c1-4-13(8-5-9-14-13)12(16)15(3)10(2)11-6-7-11/h10-11,14H,4-9H2,1-3H3. The van der Waals surface area contributed by atoms with Gasteiger partial charge in [0.25, 0.3) is 0 Å². The van der Waals surface area contributed by atoms with E-state index in [-0.39, 0.29) is 5.54 Å². The molecule has 0 radical (unpaired) electrons. The molecule has 1 aliphatic heterocycles. The van der Waals surface area contributed by atoms with Crippen molar-refractivity contribution in [3.05, 3.63) is 0 Å². The molecule has 1 N–H and O–H groups in total. The van der Waals surface area contributed by atoms with Gasteiger partial charge in [-0.3, -0.25) is 4.79 Å². The average Bonchev–Trinajstić information content (AvgIpc) is 3.04. The van der Waals surface area contributed by atoms with Crippen molar-refractivity contribution in [2.24, 2.45) is 5.92 Å². The predicted molar refractivity (Wildman–Crippen MR) is 65.2 cm³/mol. The summed E-state index contributed by atoms with van der Waals surface area (Å²) in [6, 6.07) is 0.415. The lowest BCUT2D eigenvalue weighted by Gasteiger charge is -2.35. The van der Waals surface area contributed by atoms with Crippen molar-refractivity contribution >= 4 is 5.91 Å². The molecule has 16 heavy (non-hydrogen) atoms. The van der Waals surface area contributed by atoms with Crippen molar-refractivity contribution in [3.8, 4) is 0 Å². The lowest BCUT2D eigenvalue weighted by atomic mass is 9.92. The van der Waals surface area contributed by atoms with Gasteiger partial charge in [0.2, 0.25) is 5.91 Å². The third-order valence-corrected chi connectivity index (χ3v) is 4.49. The van der Waals surface area contributed by atoms with Gasteiger partial charge in [0.1, 0.15) is 0 Å². The van der Waals surface area contributed by atoms with E-state index in [1.807, 2.05) is 11.9 Å². The minimum Gasteiger partial charge on any atom is -0.341 e. The highest BCUT2D eigenvalue weighted by molar-refractivity contribution is 5.86. The molecule has 92 valence electrons. The number of nitrogens with one attached hydrogen (secondary N) is 1. The van der Waals surface area contributed by atoms with Crippen molar-refractivity contribution in [2.75, 3.05) is 13.6 Å². The molecule has 0 spiro atoms. The first-order valence-electron chi connectivity index (χ1n) is 6.63. The third-order valence-electron chi connectivity index (χ3n) is 4.49. The van der Waals surface area contributed by atoms with Gasteiger partial charge in [0.15, 0.2) is 0 Å². The molecule has 1 heterocycles. The van der Waals surface area contributed by atoms with E-state index >= 15 is 0 Å². The second-order valence-electron chi connectivity index (χ2n) is 5.46.